The van der Waals surface area contributed by atoms with E-state index in [2.05, 4.69) is 10.6 Å². The van der Waals surface area contributed by atoms with Gasteiger partial charge in [-0.15, -0.1) is 11.3 Å². The molecule has 0 aliphatic heterocycles. The molecule has 3 rings (SSSR count). The minimum Gasteiger partial charge on any atom is -0.322 e. The molecule has 0 fully saturated rings. The number of carbonyl (C=O) groups is 2. The number of aryl methyl sites for hydroxylation is 1. The van der Waals surface area contributed by atoms with E-state index >= 15 is 0 Å². The molecule has 0 bridgehead atoms. The smallest absolute Gasteiger partial charge is 0.259 e. The highest BCUT2D eigenvalue weighted by Crippen LogP contribution is 2.36. The first kappa shape index (κ1) is 19.8. The average Bonchev–Trinajstić information content (AvgIpc) is 3.07. The Morgan fingerprint density at radius 1 is 0.964 bits per heavy atom. The van der Waals surface area contributed by atoms with Crippen molar-refractivity contribution in [1.82, 2.24) is 0 Å². The van der Waals surface area contributed by atoms with Gasteiger partial charge in [0.25, 0.3) is 5.91 Å². The Balaban J connectivity index is 1.95. The van der Waals surface area contributed by atoms with E-state index in [1.165, 1.54) is 11.3 Å². The standard InChI is InChI=1S/C23H24N2O2S/c1-15(2)13-20(26)25-23-21(19(14-28-23)17-7-5-4-6-8-17)22(27)24-18-11-9-16(3)10-12-18/h4-12,14-15H,13H2,1-3H3,(H,24,27)(H,25,26). The largest absolute Gasteiger partial charge is 0.322 e. The number of hydrogen-bond acceptors (Lipinski definition) is 3. The molecule has 1 heterocycles. The number of anilines is 2. The van der Waals surface area contributed by atoms with Crippen LogP contribution in [0.5, 0.6) is 0 Å². The molecular weight excluding hydrogens is 368 g/mol. The molecule has 0 radical (unpaired) electrons. The van der Waals surface area contributed by atoms with Gasteiger partial charge in [-0.1, -0.05) is 61.9 Å². The van der Waals surface area contributed by atoms with Crippen LogP contribution in [0.25, 0.3) is 11.1 Å². The third-order valence-electron chi connectivity index (χ3n) is 4.26. The molecule has 3 aromatic rings. The number of amides is 2. The van der Waals surface area contributed by atoms with Gasteiger partial charge >= 0.3 is 0 Å². The van der Waals surface area contributed by atoms with Crippen LogP contribution in [0.1, 0.15) is 36.2 Å². The lowest BCUT2D eigenvalue weighted by Crippen LogP contribution is -2.18. The molecule has 0 spiro atoms. The average molecular weight is 393 g/mol. The highest BCUT2D eigenvalue weighted by Gasteiger charge is 2.22. The van der Waals surface area contributed by atoms with Crippen molar-refractivity contribution in [3.05, 3.63) is 71.1 Å². The summed E-state index contributed by atoms with van der Waals surface area (Å²) in [7, 11) is 0. The van der Waals surface area contributed by atoms with Crippen LogP contribution in [0.4, 0.5) is 10.7 Å². The molecule has 0 saturated heterocycles. The number of benzene rings is 2. The molecule has 2 amide bonds. The summed E-state index contributed by atoms with van der Waals surface area (Å²) in [6.45, 7) is 5.99. The van der Waals surface area contributed by atoms with Crippen LogP contribution in [0.2, 0.25) is 0 Å². The fourth-order valence-electron chi connectivity index (χ4n) is 2.88. The second kappa shape index (κ2) is 8.85. The van der Waals surface area contributed by atoms with Crippen LogP contribution in [0.15, 0.2) is 60.0 Å². The Hall–Kier alpha value is -2.92. The summed E-state index contributed by atoms with van der Waals surface area (Å²) < 4.78 is 0. The van der Waals surface area contributed by atoms with Gasteiger partial charge in [-0.3, -0.25) is 9.59 Å². The van der Waals surface area contributed by atoms with E-state index in [9.17, 15) is 9.59 Å². The number of hydrogen-bond donors (Lipinski definition) is 2. The lowest BCUT2D eigenvalue weighted by atomic mass is 10.0. The molecule has 5 heteroatoms. The van der Waals surface area contributed by atoms with Crippen molar-refractivity contribution in [1.29, 1.82) is 0 Å². The monoisotopic (exact) mass is 392 g/mol. The molecule has 0 unspecified atom stereocenters. The fraction of sp³-hybridized carbons (Fsp3) is 0.217. The third kappa shape index (κ3) is 4.87. The third-order valence-corrected chi connectivity index (χ3v) is 5.15. The van der Waals surface area contributed by atoms with E-state index in [-0.39, 0.29) is 17.7 Å². The first-order valence-electron chi connectivity index (χ1n) is 9.29. The van der Waals surface area contributed by atoms with Crippen molar-refractivity contribution in [2.45, 2.75) is 27.2 Å². The van der Waals surface area contributed by atoms with E-state index in [0.29, 0.717) is 17.0 Å². The number of rotatable bonds is 6. The molecule has 0 aliphatic rings. The molecule has 0 atom stereocenters. The van der Waals surface area contributed by atoms with Gasteiger partial charge in [0.1, 0.15) is 5.00 Å². The van der Waals surface area contributed by atoms with E-state index in [1.807, 2.05) is 80.7 Å². The Morgan fingerprint density at radius 2 is 1.64 bits per heavy atom. The molecule has 1 aromatic heterocycles. The summed E-state index contributed by atoms with van der Waals surface area (Å²) >= 11 is 1.37. The van der Waals surface area contributed by atoms with E-state index in [1.54, 1.807) is 0 Å². The van der Waals surface area contributed by atoms with Crippen LogP contribution in [0, 0.1) is 12.8 Å². The highest BCUT2D eigenvalue weighted by atomic mass is 32.1. The van der Waals surface area contributed by atoms with Crippen molar-refractivity contribution in [2.24, 2.45) is 5.92 Å². The van der Waals surface area contributed by atoms with E-state index in [0.717, 1.165) is 22.4 Å². The summed E-state index contributed by atoms with van der Waals surface area (Å²) in [6, 6.07) is 17.4. The molecule has 4 nitrogen and oxygen atoms in total. The Bertz CT molecular complexity index is 960. The summed E-state index contributed by atoms with van der Waals surface area (Å²) in [5.74, 6) is -0.0666. The Kier molecular flexibility index (Phi) is 6.26. The highest BCUT2D eigenvalue weighted by molar-refractivity contribution is 7.15. The second-order valence-corrected chi connectivity index (χ2v) is 8.07. The predicted molar refractivity (Wildman–Crippen MR) is 117 cm³/mol. The molecule has 0 saturated carbocycles. The SMILES string of the molecule is Cc1ccc(NC(=O)c2c(-c3ccccc3)csc2NC(=O)CC(C)C)cc1. The van der Waals surface area contributed by atoms with Gasteiger partial charge in [0, 0.05) is 23.1 Å². The topological polar surface area (TPSA) is 58.2 Å². The van der Waals surface area contributed by atoms with Gasteiger partial charge in [-0.2, -0.15) is 0 Å². The lowest BCUT2D eigenvalue weighted by Gasteiger charge is -2.11. The van der Waals surface area contributed by atoms with Crippen LogP contribution in [-0.4, -0.2) is 11.8 Å². The van der Waals surface area contributed by atoms with Gasteiger partial charge in [-0.05, 0) is 30.5 Å². The van der Waals surface area contributed by atoms with Crippen molar-refractivity contribution in [2.75, 3.05) is 10.6 Å². The van der Waals surface area contributed by atoms with Crippen LogP contribution in [0.3, 0.4) is 0 Å². The van der Waals surface area contributed by atoms with Crippen molar-refractivity contribution in [3.63, 3.8) is 0 Å². The van der Waals surface area contributed by atoms with Crippen molar-refractivity contribution >= 4 is 33.8 Å². The molecule has 0 aliphatic carbocycles. The number of thiophene rings is 1. The first-order chi connectivity index (χ1) is 13.4. The summed E-state index contributed by atoms with van der Waals surface area (Å²) in [4.78, 5) is 25.4. The number of nitrogens with one attached hydrogen (secondary N) is 2. The minimum absolute atomic E-state index is 0.0825. The summed E-state index contributed by atoms with van der Waals surface area (Å²) in [5, 5.41) is 8.38. The van der Waals surface area contributed by atoms with Gasteiger partial charge in [0.15, 0.2) is 0 Å². The summed E-state index contributed by atoms with van der Waals surface area (Å²) in [6.07, 6.45) is 0.414. The normalized spacial score (nSPS) is 10.7. The lowest BCUT2D eigenvalue weighted by molar-refractivity contribution is -0.116. The van der Waals surface area contributed by atoms with E-state index < -0.39 is 0 Å². The zero-order valence-corrected chi connectivity index (χ0v) is 17.1. The minimum atomic E-state index is -0.233. The Morgan fingerprint density at radius 3 is 2.29 bits per heavy atom. The van der Waals surface area contributed by atoms with Gasteiger partial charge in [0.05, 0.1) is 5.56 Å². The maximum absolute atomic E-state index is 13.1. The molecule has 28 heavy (non-hydrogen) atoms. The fourth-order valence-corrected chi connectivity index (χ4v) is 3.87. The zero-order valence-electron chi connectivity index (χ0n) is 16.3. The van der Waals surface area contributed by atoms with E-state index in [4.69, 9.17) is 0 Å². The van der Waals surface area contributed by atoms with Crippen LogP contribution in [-0.2, 0) is 4.79 Å². The van der Waals surface area contributed by atoms with Crippen molar-refractivity contribution < 1.29 is 9.59 Å². The summed E-state index contributed by atoms with van der Waals surface area (Å²) in [5.41, 5.74) is 4.10. The quantitative estimate of drug-likeness (QED) is 0.544. The van der Waals surface area contributed by atoms with Gasteiger partial charge < -0.3 is 10.6 Å². The maximum Gasteiger partial charge on any atom is 0.259 e. The molecule has 2 N–H and O–H groups in total. The number of carbonyl (C=O) groups excluding carboxylic acids is 2. The van der Waals surface area contributed by atoms with Gasteiger partial charge in [0.2, 0.25) is 5.91 Å². The second-order valence-electron chi connectivity index (χ2n) is 7.19. The zero-order chi connectivity index (χ0) is 20.1. The van der Waals surface area contributed by atoms with Gasteiger partial charge in [-0.25, -0.2) is 0 Å². The first-order valence-corrected chi connectivity index (χ1v) is 10.2. The Labute approximate surface area is 169 Å². The molecule has 144 valence electrons. The van der Waals surface area contributed by atoms with Crippen molar-refractivity contribution in [3.8, 4) is 11.1 Å². The predicted octanol–water partition coefficient (Wildman–Crippen LogP) is 5.96. The molecular formula is C23H24N2O2S. The van der Waals surface area contributed by atoms with Crippen LogP contribution >= 0.6 is 11.3 Å². The maximum atomic E-state index is 13.1. The van der Waals surface area contributed by atoms with Crippen LogP contribution < -0.4 is 10.6 Å². The molecule has 2 aromatic carbocycles.